The van der Waals surface area contributed by atoms with Crippen molar-refractivity contribution in [3.63, 3.8) is 0 Å². The zero-order valence-electron chi connectivity index (χ0n) is 9.16. The summed E-state index contributed by atoms with van der Waals surface area (Å²) in [5, 5.41) is 0.938. The summed E-state index contributed by atoms with van der Waals surface area (Å²) in [5.41, 5.74) is 1.32. The molecule has 92 valence electrons. The Labute approximate surface area is 123 Å². The minimum absolute atomic E-state index is 0.0385. The van der Waals surface area contributed by atoms with Crippen LogP contribution in [0.15, 0.2) is 41.0 Å². The Hall–Kier alpha value is -0.900. The van der Waals surface area contributed by atoms with Gasteiger partial charge < -0.3 is 0 Å². The third kappa shape index (κ3) is 3.31. The molecule has 1 aromatic heterocycles. The molecule has 1 heterocycles. The van der Waals surface area contributed by atoms with E-state index in [9.17, 15) is 4.79 Å². The van der Waals surface area contributed by atoms with Gasteiger partial charge in [-0.2, -0.15) is 0 Å². The Kier molecular flexibility index (Phi) is 4.38. The molecule has 0 fully saturated rings. The smallest absolute Gasteiger partial charge is 0.168 e. The van der Waals surface area contributed by atoms with Gasteiger partial charge in [0.05, 0.1) is 0 Å². The summed E-state index contributed by atoms with van der Waals surface area (Å²) in [4.78, 5) is 15.9. The number of ketones is 1. The van der Waals surface area contributed by atoms with E-state index in [4.69, 9.17) is 23.2 Å². The summed E-state index contributed by atoms with van der Waals surface area (Å²) in [7, 11) is 0. The molecule has 2 nitrogen and oxygen atoms in total. The van der Waals surface area contributed by atoms with Crippen molar-refractivity contribution in [2.24, 2.45) is 0 Å². The highest BCUT2D eigenvalue weighted by Gasteiger charge is 2.10. The Bertz CT molecular complexity index is 584. The van der Waals surface area contributed by atoms with E-state index < -0.39 is 0 Å². The molecule has 0 aliphatic heterocycles. The van der Waals surface area contributed by atoms with Gasteiger partial charge in [-0.05, 0) is 29.8 Å². The number of pyridine rings is 1. The third-order valence-electron chi connectivity index (χ3n) is 2.42. The first kappa shape index (κ1) is 13.5. The predicted molar refractivity (Wildman–Crippen MR) is 76.4 cm³/mol. The van der Waals surface area contributed by atoms with E-state index in [1.54, 1.807) is 18.2 Å². The molecule has 0 atom stereocenters. The van der Waals surface area contributed by atoms with Crippen molar-refractivity contribution in [1.82, 2.24) is 4.98 Å². The monoisotopic (exact) mass is 343 g/mol. The largest absolute Gasteiger partial charge is 0.294 e. The Morgan fingerprint density at radius 3 is 2.61 bits per heavy atom. The molecule has 0 aliphatic rings. The number of hydrogen-bond acceptors (Lipinski definition) is 2. The number of hydrogen-bond donors (Lipinski definition) is 0. The number of Topliss-reactive ketones (excluding diaryl/α,β-unsaturated/α-hetero) is 1. The van der Waals surface area contributed by atoms with E-state index >= 15 is 0 Å². The molecule has 0 amide bonds. The molecule has 18 heavy (non-hydrogen) atoms. The van der Waals surface area contributed by atoms with Gasteiger partial charge in [0.25, 0.3) is 0 Å². The second-order valence-corrected chi connectivity index (χ2v) is 5.42. The summed E-state index contributed by atoms with van der Waals surface area (Å²) < 4.78 is 0.886. The lowest BCUT2D eigenvalue weighted by molar-refractivity contribution is 0.0992. The van der Waals surface area contributed by atoms with Gasteiger partial charge >= 0.3 is 0 Å². The maximum absolute atomic E-state index is 12.0. The minimum Gasteiger partial charge on any atom is -0.294 e. The molecule has 5 heteroatoms. The van der Waals surface area contributed by atoms with E-state index in [1.165, 1.54) is 6.20 Å². The van der Waals surface area contributed by atoms with E-state index in [1.807, 2.05) is 12.1 Å². The molecule has 2 rings (SSSR count). The van der Waals surface area contributed by atoms with Crippen LogP contribution < -0.4 is 0 Å². The predicted octanol–water partition coefficient (Wildman–Crippen LogP) is 4.58. The van der Waals surface area contributed by atoms with Crippen LogP contribution in [0, 0.1) is 0 Å². The summed E-state index contributed by atoms with van der Waals surface area (Å²) >= 11 is 15.1. The van der Waals surface area contributed by atoms with Gasteiger partial charge in [0, 0.05) is 27.7 Å². The highest BCUT2D eigenvalue weighted by molar-refractivity contribution is 9.10. The van der Waals surface area contributed by atoms with Crippen LogP contribution in [0.3, 0.4) is 0 Å². The molecule has 0 radical (unpaired) electrons. The van der Waals surface area contributed by atoms with Crippen molar-refractivity contribution in [2.75, 3.05) is 0 Å². The van der Waals surface area contributed by atoms with Crippen molar-refractivity contribution >= 4 is 44.9 Å². The Morgan fingerprint density at radius 1 is 1.22 bits per heavy atom. The molecule has 0 aliphatic carbocycles. The number of carbonyl (C=O) groups is 1. The van der Waals surface area contributed by atoms with Gasteiger partial charge in [-0.15, -0.1) is 0 Å². The first-order valence-corrected chi connectivity index (χ1v) is 6.70. The lowest BCUT2D eigenvalue weighted by Gasteiger charge is -2.04. The summed E-state index contributed by atoms with van der Waals surface area (Å²) in [6.45, 7) is 0. The Morgan fingerprint density at radius 2 is 2.00 bits per heavy atom. The lowest BCUT2D eigenvalue weighted by Crippen LogP contribution is -2.04. The van der Waals surface area contributed by atoms with Gasteiger partial charge in [-0.1, -0.05) is 45.2 Å². The van der Waals surface area contributed by atoms with Gasteiger partial charge in [0.1, 0.15) is 5.15 Å². The third-order valence-corrected chi connectivity index (χ3v) is 3.48. The van der Waals surface area contributed by atoms with Crippen LogP contribution in [0.4, 0.5) is 0 Å². The number of benzene rings is 1. The first-order chi connectivity index (χ1) is 8.56. The quantitative estimate of drug-likeness (QED) is 0.602. The van der Waals surface area contributed by atoms with Crippen molar-refractivity contribution in [3.8, 4) is 0 Å². The molecule has 0 saturated heterocycles. The standard InChI is InChI=1S/C13H8BrCl2NO/c14-10-3-1-8(11(15)6-10)5-12(18)9-2-4-13(16)17-7-9/h1-4,6-7H,5H2. The zero-order valence-corrected chi connectivity index (χ0v) is 12.3. The van der Waals surface area contributed by atoms with Gasteiger partial charge in [-0.3, -0.25) is 4.79 Å². The van der Waals surface area contributed by atoms with Crippen LogP contribution in [0.1, 0.15) is 15.9 Å². The second kappa shape index (κ2) is 5.83. The van der Waals surface area contributed by atoms with Crippen molar-refractivity contribution in [1.29, 1.82) is 0 Å². The summed E-state index contributed by atoms with van der Waals surface area (Å²) in [6.07, 6.45) is 1.72. The number of halogens is 3. The lowest BCUT2D eigenvalue weighted by atomic mass is 10.0. The number of rotatable bonds is 3. The highest BCUT2D eigenvalue weighted by atomic mass is 79.9. The fraction of sp³-hybridized carbons (Fsp3) is 0.0769. The van der Waals surface area contributed by atoms with Gasteiger partial charge in [0.15, 0.2) is 5.78 Å². The maximum Gasteiger partial charge on any atom is 0.168 e. The van der Waals surface area contributed by atoms with Crippen LogP contribution in [0.25, 0.3) is 0 Å². The molecule has 0 spiro atoms. The maximum atomic E-state index is 12.0. The van der Waals surface area contributed by atoms with Crippen LogP contribution in [-0.4, -0.2) is 10.8 Å². The van der Waals surface area contributed by atoms with Gasteiger partial charge in [-0.25, -0.2) is 4.98 Å². The van der Waals surface area contributed by atoms with Crippen LogP contribution in [-0.2, 0) is 6.42 Å². The van der Waals surface area contributed by atoms with E-state index in [2.05, 4.69) is 20.9 Å². The number of aromatic nitrogens is 1. The van der Waals surface area contributed by atoms with Crippen molar-refractivity contribution in [2.45, 2.75) is 6.42 Å². The van der Waals surface area contributed by atoms with Crippen molar-refractivity contribution in [3.05, 3.63) is 62.3 Å². The number of carbonyl (C=O) groups excluding carboxylic acids is 1. The molecular weight excluding hydrogens is 337 g/mol. The zero-order chi connectivity index (χ0) is 13.1. The molecule has 0 unspecified atom stereocenters. The highest BCUT2D eigenvalue weighted by Crippen LogP contribution is 2.22. The topological polar surface area (TPSA) is 30.0 Å². The first-order valence-electron chi connectivity index (χ1n) is 5.15. The molecule has 0 bridgehead atoms. The average Bonchev–Trinajstić information content (AvgIpc) is 2.33. The Balaban J connectivity index is 2.18. The summed E-state index contributed by atoms with van der Waals surface area (Å²) in [6, 6.07) is 8.70. The van der Waals surface area contributed by atoms with E-state index in [0.717, 1.165) is 10.0 Å². The van der Waals surface area contributed by atoms with Crippen LogP contribution in [0.2, 0.25) is 10.2 Å². The summed E-state index contributed by atoms with van der Waals surface area (Å²) in [5.74, 6) is -0.0385. The molecule has 2 aromatic rings. The van der Waals surface area contributed by atoms with E-state index in [0.29, 0.717) is 15.7 Å². The molecule has 0 N–H and O–H groups in total. The molecular formula is C13H8BrCl2NO. The van der Waals surface area contributed by atoms with Crippen molar-refractivity contribution < 1.29 is 4.79 Å². The van der Waals surface area contributed by atoms with Gasteiger partial charge in [0.2, 0.25) is 0 Å². The van der Waals surface area contributed by atoms with E-state index in [-0.39, 0.29) is 12.2 Å². The fourth-order valence-electron chi connectivity index (χ4n) is 1.48. The fourth-order valence-corrected chi connectivity index (χ4v) is 2.33. The average molecular weight is 345 g/mol. The molecule has 0 saturated carbocycles. The SMILES string of the molecule is O=C(Cc1ccc(Br)cc1Cl)c1ccc(Cl)nc1. The van der Waals surface area contributed by atoms with Crippen LogP contribution >= 0.6 is 39.1 Å². The second-order valence-electron chi connectivity index (χ2n) is 3.71. The normalized spacial score (nSPS) is 10.4. The molecule has 1 aromatic carbocycles. The number of nitrogens with zero attached hydrogens (tertiary/aromatic N) is 1. The van der Waals surface area contributed by atoms with Crippen LogP contribution in [0.5, 0.6) is 0 Å². The minimum atomic E-state index is -0.0385.